The van der Waals surface area contributed by atoms with E-state index in [4.69, 9.17) is 0 Å². The zero-order valence-corrected chi connectivity index (χ0v) is 13.0. The van der Waals surface area contributed by atoms with E-state index in [1.807, 2.05) is 7.05 Å². The summed E-state index contributed by atoms with van der Waals surface area (Å²) >= 11 is 0. The molecule has 0 aromatic heterocycles. The molecule has 20 heavy (non-hydrogen) atoms. The molecule has 0 aliphatic rings. The molecule has 0 heterocycles. The highest BCUT2D eigenvalue weighted by Gasteiger charge is 2.15. The minimum absolute atomic E-state index is 0.143. The van der Waals surface area contributed by atoms with Gasteiger partial charge >= 0.3 is 0 Å². The summed E-state index contributed by atoms with van der Waals surface area (Å²) < 4.78 is 0. The Bertz CT molecular complexity index is 460. The molecule has 0 fully saturated rings. The number of nitro benzene ring substituents is 1. The number of hydrogen-bond donors (Lipinski definition) is 1. The quantitative estimate of drug-likeness (QED) is 0.613. The van der Waals surface area contributed by atoms with Crippen LogP contribution in [0.4, 0.5) is 11.4 Å². The maximum Gasteiger partial charge on any atom is 0.269 e. The van der Waals surface area contributed by atoms with Gasteiger partial charge in [0.05, 0.1) is 4.92 Å². The van der Waals surface area contributed by atoms with Crippen LogP contribution in [0.25, 0.3) is 0 Å². The Morgan fingerprint density at radius 1 is 1.35 bits per heavy atom. The lowest BCUT2D eigenvalue weighted by atomic mass is 10.0. The zero-order chi connectivity index (χ0) is 15.3. The third-order valence-corrected chi connectivity index (χ3v) is 3.55. The summed E-state index contributed by atoms with van der Waals surface area (Å²) in [7, 11) is 3.90. The van der Waals surface area contributed by atoms with Crippen LogP contribution in [0.2, 0.25) is 0 Å². The van der Waals surface area contributed by atoms with Gasteiger partial charge in [0.15, 0.2) is 0 Å². The first-order valence-corrected chi connectivity index (χ1v) is 7.00. The molecule has 1 rings (SSSR count). The Hall–Kier alpha value is -1.62. The highest BCUT2D eigenvalue weighted by molar-refractivity contribution is 5.55. The first kappa shape index (κ1) is 16.4. The first-order chi connectivity index (χ1) is 9.35. The van der Waals surface area contributed by atoms with Crippen LogP contribution in [0.3, 0.4) is 0 Å². The molecule has 1 aromatic carbocycles. The number of nitrogens with one attached hydrogen (secondary N) is 1. The topological polar surface area (TPSA) is 58.4 Å². The van der Waals surface area contributed by atoms with Gasteiger partial charge in [-0.3, -0.25) is 15.0 Å². The monoisotopic (exact) mass is 279 g/mol. The van der Waals surface area contributed by atoms with Crippen molar-refractivity contribution in [1.29, 1.82) is 0 Å². The Labute approximate surface area is 121 Å². The number of anilines is 1. The van der Waals surface area contributed by atoms with Gasteiger partial charge in [0.1, 0.15) is 0 Å². The van der Waals surface area contributed by atoms with Crippen LogP contribution >= 0.6 is 0 Å². The summed E-state index contributed by atoms with van der Waals surface area (Å²) in [5.41, 5.74) is 2.04. The Balaban J connectivity index is 2.89. The molecule has 1 atom stereocenters. The van der Waals surface area contributed by atoms with E-state index in [9.17, 15) is 10.1 Å². The van der Waals surface area contributed by atoms with Gasteiger partial charge in [-0.1, -0.05) is 13.8 Å². The van der Waals surface area contributed by atoms with Gasteiger partial charge in [-0.05, 0) is 37.9 Å². The minimum atomic E-state index is -0.347. The summed E-state index contributed by atoms with van der Waals surface area (Å²) in [5, 5.41) is 14.0. The SMILES string of the molecule is CNc1ccc([N+](=O)[O-])cc1CN(C)C(C)CC(C)C. The summed E-state index contributed by atoms with van der Waals surface area (Å²) in [4.78, 5) is 12.8. The Morgan fingerprint density at radius 2 is 2.00 bits per heavy atom. The van der Waals surface area contributed by atoms with Gasteiger partial charge in [-0.15, -0.1) is 0 Å². The number of benzene rings is 1. The third-order valence-electron chi connectivity index (χ3n) is 3.55. The van der Waals surface area contributed by atoms with Gasteiger partial charge in [-0.2, -0.15) is 0 Å². The van der Waals surface area contributed by atoms with E-state index in [2.05, 4.69) is 38.0 Å². The van der Waals surface area contributed by atoms with Crippen molar-refractivity contribution in [2.45, 2.75) is 39.8 Å². The lowest BCUT2D eigenvalue weighted by Gasteiger charge is -2.27. The van der Waals surface area contributed by atoms with Gasteiger partial charge < -0.3 is 5.32 Å². The largest absolute Gasteiger partial charge is 0.388 e. The van der Waals surface area contributed by atoms with E-state index < -0.39 is 0 Å². The van der Waals surface area contributed by atoms with E-state index in [-0.39, 0.29) is 10.6 Å². The molecule has 1 aromatic rings. The second-order valence-corrected chi connectivity index (χ2v) is 5.74. The standard InChI is InChI=1S/C15H25N3O2/c1-11(2)8-12(3)17(5)10-13-9-14(18(19)20)6-7-15(13)16-4/h6-7,9,11-12,16H,8,10H2,1-5H3. The van der Waals surface area contributed by atoms with Crippen molar-refractivity contribution in [3.05, 3.63) is 33.9 Å². The number of nitrogens with zero attached hydrogens (tertiary/aromatic N) is 2. The van der Waals surface area contributed by atoms with Crippen molar-refractivity contribution < 1.29 is 4.92 Å². The second-order valence-electron chi connectivity index (χ2n) is 5.74. The molecule has 112 valence electrons. The third kappa shape index (κ3) is 4.49. The van der Waals surface area contributed by atoms with Crippen molar-refractivity contribution in [2.75, 3.05) is 19.4 Å². The van der Waals surface area contributed by atoms with Crippen LogP contribution in [-0.2, 0) is 6.54 Å². The smallest absolute Gasteiger partial charge is 0.269 e. The normalized spacial score (nSPS) is 12.8. The maximum atomic E-state index is 10.9. The Morgan fingerprint density at radius 3 is 2.50 bits per heavy atom. The predicted molar refractivity (Wildman–Crippen MR) is 83.0 cm³/mol. The molecule has 0 saturated heterocycles. The van der Waals surface area contributed by atoms with E-state index in [0.717, 1.165) is 17.7 Å². The lowest BCUT2D eigenvalue weighted by Crippen LogP contribution is -2.30. The van der Waals surface area contributed by atoms with E-state index in [1.165, 1.54) is 6.07 Å². The van der Waals surface area contributed by atoms with Crippen molar-refractivity contribution in [2.24, 2.45) is 5.92 Å². The average Bonchev–Trinajstić information content (AvgIpc) is 2.37. The fourth-order valence-electron chi connectivity index (χ4n) is 2.36. The maximum absolute atomic E-state index is 10.9. The van der Waals surface area contributed by atoms with Crippen LogP contribution in [0.1, 0.15) is 32.8 Å². The number of hydrogen-bond acceptors (Lipinski definition) is 4. The van der Waals surface area contributed by atoms with Crippen LogP contribution in [-0.4, -0.2) is 30.0 Å². The molecule has 0 amide bonds. The van der Waals surface area contributed by atoms with Crippen LogP contribution in [0, 0.1) is 16.0 Å². The molecule has 1 N–H and O–H groups in total. The van der Waals surface area contributed by atoms with E-state index >= 15 is 0 Å². The van der Waals surface area contributed by atoms with Gasteiger partial charge in [0.25, 0.3) is 5.69 Å². The lowest BCUT2D eigenvalue weighted by molar-refractivity contribution is -0.384. The summed E-state index contributed by atoms with van der Waals surface area (Å²) in [5.74, 6) is 0.640. The van der Waals surface area contributed by atoms with Crippen molar-refractivity contribution >= 4 is 11.4 Å². The van der Waals surface area contributed by atoms with Crippen LogP contribution < -0.4 is 5.32 Å². The molecule has 0 aliphatic carbocycles. The van der Waals surface area contributed by atoms with Crippen molar-refractivity contribution in [3.8, 4) is 0 Å². The summed E-state index contributed by atoms with van der Waals surface area (Å²) in [6, 6.07) is 5.41. The Kier molecular flexibility index (Phi) is 5.95. The van der Waals surface area contributed by atoms with Crippen LogP contribution in [0.5, 0.6) is 0 Å². The molecule has 5 nitrogen and oxygen atoms in total. The number of rotatable bonds is 7. The van der Waals surface area contributed by atoms with Crippen LogP contribution in [0.15, 0.2) is 18.2 Å². The van der Waals surface area contributed by atoms with Gasteiger partial charge in [-0.25, -0.2) is 0 Å². The molecule has 0 radical (unpaired) electrons. The second kappa shape index (κ2) is 7.24. The van der Waals surface area contributed by atoms with Gasteiger partial charge in [0.2, 0.25) is 0 Å². The highest BCUT2D eigenvalue weighted by Crippen LogP contribution is 2.24. The number of non-ortho nitro benzene ring substituents is 1. The summed E-state index contributed by atoms with van der Waals surface area (Å²) in [6.07, 6.45) is 1.11. The molecule has 0 saturated carbocycles. The van der Waals surface area contributed by atoms with E-state index in [1.54, 1.807) is 12.1 Å². The molecule has 0 spiro atoms. The molecule has 1 unspecified atom stereocenters. The van der Waals surface area contributed by atoms with E-state index in [0.29, 0.717) is 18.5 Å². The predicted octanol–water partition coefficient (Wildman–Crippen LogP) is 3.50. The molecule has 0 aliphatic heterocycles. The fraction of sp³-hybridized carbons (Fsp3) is 0.600. The highest BCUT2D eigenvalue weighted by atomic mass is 16.6. The molecular formula is C15H25N3O2. The molecule has 0 bridgehead atoms. The average molecular weight is 279 g/mol. The minimum Gasteiger partial charge on any atom is -0.388 e. The fourth-order valence-corrected chi connectivity index (χ4v) is 2.36. The molecular weight excluding hydrogens is 254 g/mol. The zero-order valence-electron chi connectivity index (χ0n) is 13.0. The van der Waals surface area contributed by atoms with Gasteiger partial charge in [0, 0.05) is 37.5 Å². The first-order valence-electron chi connectivity index (χ1n) is 7.00. The summed E-state index contributed by atoms with van der Waals surface area (Å²) in [6.45, 7) is 7.30. The number of nitro groups is 1. The van der Waals surface area contributed by atoms with Crippen molar-refractivity contribution in [3.63, 3.8) is 0 Å². The molecule has 5 heteroatoms. The van der Waals surface area contributed by atoms with Crippen molar-refractivity contribution in [1.82, 2.24) is 4.90 Å².